The molecule has 1 fully saturated rings. The second kappa shape index (κ2) is 7.58. The van der Waals surface area contributed by atoms with Crippen LogP contribution in [0.25, 0.3) is 10.8 Å². The summed E-state index contributed by atoms with van der Waals surface area (Å²) in [5, 5.41) is 0.203. The third-order valence-electron chi connectivity index (χ3n) is 5.58. The van der Waals surface area contributed by atoms with E-state index >= 15 is 0 Å². The molecule has 0 unspecified atom stereocenters. The standard InChI is InChI=1S/C21H25F3/c1-2-3-14-4-6-15(7-5-14)8-9-17-11-10-16-12-13-18(22)21(24)19(16)20(17)23/h10-15H,2-9H2,1H3. The van der Waals surface area contributed by atoms with Crippen molar-refractivity contribution in [1.82, 2.24) is 0 Å². The monoisotopic (exact) mass is 334 g/mol. The average molecular weight is 334 g/mol. The average Bonchev–Trinajstić information content (AvgIpc) is 2.59. The predicted molar refractivity (Wildman–Crippen MR) is 92.5 cm³/mol. The van der Waals surface area contributed by atoms with E-state index in [0.717, 1.165) is 18.4 Å². The first-order valence-corrected chi connectivity index (χ1v) is 9.15. The number of hydrogen-bond donors (Lipinski definition) is 0. The number of aryl methyl sites for hydroxylation is 1. The third kappa shape index (κ3) is 3.60. The van der Waals surface area contributed by atoms with Gasteiger partial charge in [0, 0.05) is 0 Å². The highest BCUT2D eigenvalue weighted by molar-refractivity contribution is 5.84. The minimum absolute atomic E-state index is 0.209. The van der Waals surface area contributed by atoms with E-state index in [2.05, 4.69) is 6.92 Å². The van der Waals surface area contributed by atoms with Gasteiger partial charge in [0.1, 0.15) is 5.82 Å². The Kier molecular flexibility index (Phi) is 5.47. The summed E-state index contributed by atoms with van der Waals surface area (Å²) in [5.74, 6) is -1.17. The summed E-state index contributed by atoms with van der Waals surface area (Å²) >= 11 is 0. The Morgan fingerprint density at radius 2 is 1.46 bits per heavy atom. The summed E-state index contributed by atoms with van der Waals surface area (Å²) in [5.41, 5.74) is 0.502. The van der Waals surface area contributed by atoms with E-state index in [1.54, 1.807) is 12.1 Å². The van der Waals surface area contributed by atoms with Crippen molar-refractivity contribution < 1.29 is 13.2 Å². The van der Waals surface area contributed by atoms with Crippen LogP contribution in [0, 0.1) is 29.3 Å². The molecule has 0 radical (unpaired) electrons. The van der Waals surface area contributed by atoms with Crippen LogP contribution in [0.3, 0.4) is 0 Å². The van der Waals surface area contributed by atoms with Crippen LogP contribution in [-0.4, -0.2) is 0 Å². The van der Waals surface area contributed by atoms with Crippen LogP contribution in [0.15, 0.2) is 24.3 Å². The molecule has 0 heterocycles. The summed E-state index contributed by atoms with van der Waals surface area (Å²) in [7, 11) is 0. The molecule has 1 aliphatic carbocycles. The third-order valence-corrected chi connectivity index (χ3v) is 5.58. The van der Waals surface area contributed by atoms with Crippen molar-refractivity contribution in [3.05, 3.63) is 47.3 Å². The molecule has 1 aliphatic rings. The largest absolute Gasteiger partial charge is 0.206 e. The Morgan fingerprint density at radius 1 is 0.833 bits per heavy atom. The number of hydrogen-bond acceptors (Lipinski definition) is 0. The maximum absolute atomic E-state index is 14.6. The summed E-state index contributed by atoms with van der Waals surface area (Å²) in [6, 6.07) is 5.88. The molecule has 0 N–H and O–H groups in total. The Balaban J connectivity index is 1.68. The molecule has 0 aromatic heterocycles. The van der Waals surface area contributed by atoms with Gasteiger partial charge >= 0.3 is 0 Å². The van der Waals surface area contributed by atoms with Crippen molar-refractivity contribution in [2.45, 2.75) is 58.3 Å². The Bertz CT molecular complexity index is 700. The van der Waals surface area contributed by atoms with E-state index in [0.29, 0.717) is 23.3 Å². The van der Waals surface area contributed by atoms with Crippen molar-refractivity contribution in [2.24, 2.45) is 11.8 Å². The molecule has 0 atom stereocenters. The van der Waals surface area contributed by atoms with Crippen LogP contribution < -0.4 is 0 Å². The van der Waals surface area contributed by atoms with Gasteiger partial charge in [-0.3, -0.25) is 0 Å². The van der Waals surface area contributed by atoms with Crippen molar-refractivity contribution in [2.75, 3.05) is 0 Å². The van der Waals surface area contributed by atoms with Crippen LogP contribution >= 0.6 is 0 Å². The number of benzene rings is 2. The molecule has 0 bridgehead atoms. The maximum atomic E-state index is 14.6. The van der Waals surface area contributed by atoms with Crippen LogP contribution in [0.1, 0.15) is 57.4 Å². The van der Waals surface area contributed by atoms with Gasteiger partial charge in [-0.05, 0) is 41.7 Å². The van der Waals surface area contributed by atoms with Crippen molar-refractivity contribution in [1.29, 1.82) is 0 Å². The molecule has 0 nitrogen and oxygen atoms in total. The minimum Gasteiger partial charge on any atom is -0.206 e. The lowest BCUT2D eigenvalue weighted by Gasteiger charge is -2.28. The van der Waals surface area contributed by atoms with Crippen molar-refractivity contribution in [3.63, 3.8) is 0 Å². The lowest BCUT2D eigenvalue weighted by molar-refractivity contribution is 0.252. The van der Waals surface area contributed by atoms with E-state index in [4.69, 9.17) is 0 Å². The zero-order chi connectivity index (χ0) is 17.1. The second-order valence-corrected chi connectivity index (χ2v) is 7.21. The van der Waals surface area contributed by atoms with Crippen molar-refractivity contribution >= 4 is 10.8 Å². The van der Waals surface area contributed by atoms with Gasteiger partial charge in [-0.2, -0.15) is 0 Å². The number of fused-ring (bicyclic) bond motifs is 1. The molecule has 3 rings (SSSR count). The van der Waals surface area contributed by atoms with E-state index in [9.17, 15) is 13.2 Å². The Hall–Kier alpha value is -1.51. The van der Waals surface area contributed by atoms with Gasteiger partial charge in [-0.1, -0.05) is 63.6 Å². The van der Waals surface area contributed by atoms with E-state index < -0.39 is 17.5 Å². The fourth-order valence-corrected chi connectivity index (χ4v) is 4.12. The first-order chi connectivity index (χ1) is 11.6. The molecule has 2 aromatic rings. The molecule has 24 heavy (non-hydrogen) atoms. The molecule has 1 saturated carbocycles. The van der Waals surface area contributed by atoms with Gasteiger partial charge in [-0.25, -0.2) is 13.2 Å². The fraction of sp³-hybridized carbons (Fsp3) is 0.524. The summed E-state index contributed by atoms with van der Waals surface area (Å²) < 4.78 is 41.9. The highest BCUT2D eigenvalue weighted by Gasteiger charge is 2.21. The zero-order valence-electron chi connectivity index (χ0n) is 14.3. The molecule has 3 heteroatoms. The molecule has 0 saturated heterocycles. The Labute approximate surface area is 142 Å². The van der Waals surface area contributed by atoms with Crippen LogP contribution in [-0.2, 0) is 6.42 Å². The number of halogens is 3. The molecule has 2 aromatic carbocycles. The second-order valence-electron chi connectivity index (χ2n) is 7.21. The first kappa shape index (κ1) is 17.3. The van der Waals surface area contributed by atoms with E-state index in [-0.39, 0.29) is 5.39 Å². The normalized spacial score (nSPS) is 21.3. The SMILES string of the molecule is CCCC1CCC(CCc2ccc3ccc(F)c(F)c3c2F)CC1. The maximum Gasteiger partial charge on any atom is 0.169 e. The van der Waals surface area contributed by atoms with Gasteiger partial charge in [-0.15, -0.1) is 0 Å². The molecule has 130 valence electrons. The fourth-order valence-electron chi connectivity index (χ4n) is 4.12. The minimum atomic E-state index is -1.08. The van der Waals surface area contributed by atoms with Gasteiger partial charge in [0.2, 0.25) is 0 Å². The predicted octanol–water partition coefficient (Wildman–Crippen LogP) is 6.80. The van der Waals surface area contributed by atoms with Crippen LogP contribution in [0.2, 0.25) is 0 Å². The highest BCUT2D eigenvalue weighted by atomic mass is 19.2. The molecule has 0 spiro atoms. The summed E-state index contributed by atoms with van der Waals surface area (Å²) in [6.45, 7) is 2.23. The molecule has 0 amide bonds. The molecular weight excluding hydrogens is 309 g/mol. The number of rotatable bonds is 5. The van der Waals surface area contributed by atoms with Gasteiger partial charge in [0.05, 0.1) is 5.39 Å². The first-order valence-electron chi connectivity index (χ1n) is 9.15. The Morgan fingerprint density at radius 3 is 2.12 bits per heavy atom. The molecule has 0 aliphatic heterocycles. The molecular formula is C21H25F3. The van der Waals surface area contributed by atoms with Crippen LogP contribution in [0.4, 0.5) is 13.2 Å². The summed E-state index contributed by atoms with van der Waals surface area (Å²) in [4.78, 5) is 0. The topological polar surface area (TPSA) is 0 Å². The van der Waals surface area contributed by atoms with Gasteiger partial charge < -0.3 is 0 Å². The smallest absolute Gasteiger partial charge is 0.169 e. The highest BCUT2D eigenvalue weighted by Crippen LogP contribution is 2.34. The van der Waals surface area contributed by atoms with Gasteiger partial charge in [0.25, 0.3) is 0 Å². The van der Waals surface area contributed by atoms with E-state index in [1.807, 2.05) is 0 Å². The summed E-state index contributed by atoms with van der Waals surface area (Å²) in [6.07, 6.45) is 9.07. The van der Waals surface area contributed by atoms with Gasteiger partial charge in [0.15, 0.2) is 11.6 Å². The lowest BCUT2D eigenvalue weighted by atomic mass is 9.78. The lowest BCUT2D eigenvalue weighted by Crippen LogP contribution is -2.15. The zero-order valence-corrected chi connectivity index (χ0v) is 14.3. The quantitative estimate of drug-likeness (QED) is 0.564. The van der Waals surface area contributed by atoms with E-state index in [1.165, 1.54) is 44.6 Å². The van der Waals surface area contributed by atoms with Crippen molar-refractivity contribution in [3.8, 4) is 0 Å². The van der Waals surface area contributed by atoms with Crippen LogP contribution in [0.5, 0.6) is 0 Å².